The third kappa shape index (κ3) is 3.50. The minimum absolute atomic E-state index is 0.0936. The van der Waals surface area contributed by atoms with E-state index in [-0.39, 0.29) is 5.41 Å². The average Bonchev–Trinajstić information content (AvgIpc) is 2.91. The van der Waals surface area contributed by atoms with E-state index in [4.69, 9.17) is 0 Å². The van der Waals surface area contributed by atoms with Gasteiger partial charge in [-0.05, 0) is 86.7 Å². The molecule has 0 bridgehead atoms. The van der Waals surface area contributed by atoms with Crippen LogP contribution in [0.15, 0.2) is 78.4 Å². The van der Waals surface area contributed by atoms with Gasteiger partial charge in [-0.1, -0.05) is 81.0 Å². The van der Waals surface area contributed by atoms with Crippen LogP contribution in [0.25, 0.3) is 16.3 Å². The Labute approximate surface area is 176 Å². The maximum atomic E-state index is 2.44. The monoisotopic (exact) mass is 464 g/mol. The fourth-order valence-electron chi connectivity index (χ4n) is 4.18. The maximum absolute atomic E-state index is 2.44. The fraction of sp³-hybridized carbons (Fsp3) is 0.231. The Balaban J connectivity index is 1.78. The van der Waals surface area contributed by atoms with E-state index in [9.17, 15) is 0 Å². The number of allylic oxidation sites excluding steroid dienone is 4. The number of hydrogen-bond acceptors (Lipinski definition) is 0. The van der Waals surface area contributed by atoms with Crippen molar-refractivity contribution in [2.45, 2.75) is 39.0 Å². The van der Waals surface area contributed by atoms with Crippen molar-refractivity contribution in [3.63, 3.8) is 0 Å². The molecule has 27 heavy (non-hydrogen) atoms. The minimum atomic E-state index is 0.0936. The lowest BCUT2D eigenvalue weighted by molar-refractivity contribution is 0.644. The highest BCUT2D eigenvalue weighted by atomic mass is 127. The molecule has 0 heterocycles. The molecule has 0 nitrogen and oxygen atoms in total. The molecule has 1 heteroatoms. The molecular formula is C26H25I. The van der Waals surface area contributed by atoms with Crippen LogP contribution in [0.4, 0.5) is 0 Å². The first-order valence-corrected chi connectivity index (χ1v) is 10.8. The molecule has 0 unspecified atom stereocenters. The Morgan fingerprint density at radius 3 is 2.52 bits per heavy atom. The second-order valence-corrected chi connectivity index (χ2v) is 9.15. The summed E-state index contributed by atoms with van der Waals surface area (Å²) in [6, 6.07) is 22.4. The van der Waals surface area contributed by atoms with Gasteiger partial charge in [0.1, 0.15) is 0 Å². The molecule has 0 saturated heterocycles. The van der Waals surface area contributed by atoms with Crippen LogP contribution in [0.3, 0.4) is 0 Å². The van der Waals surface area contributed by atoms with Crippen LogP contribution in [0.5, 0.6) is 0 Å². The standard InChI is InChI=1S/C26H25I/c1-4-7-18(19-10-11-21-17-24(27)13-12-20(21)14-19)15-23-16-22-8-5-6-9-25(22)26(23,2)3/h5-15,17H,4,16H2,1-3H3/b18-7+,23-15+. The van der Waals surface area contributed by atoms with Crippen LogP contribution in [-0.4, -0.2) is 0 Å². The summed E-state index contributed by atoms with van der Waals surface area (Å²) in [7, 11) is 0. The van der Waals surface area contributed by atoms with Crippen molar-refractivity contribution in [2.75, 3.05) is 0 Å². The van der Waals surface area contributed by atoms with Crippen LogP contribution in [-0.2, 0) is 11.8 Å². The van der Waals surface area contributed by atoms with Gasteiger partial charge in [0.05, 0.1) is 0 Å². The number of benzene rings is 3. The van der Waals surface area contributed by atoms with Gasteiger partial charge in [0.15, 0.2) is 0 Å². The van der Waals surface area contributed by atoms with Crippen molar-refractivity contribution in [3.05, 3.63) is 98.6 Å². The molecule has 0 amide bonds. The fourth-order valence-corrected chi connectivity index (χ4v) is 4.69. The van der Waals surface area contributed by atoms with Crippen LogP contribution >= 0.6 is 22.6 Å². The molecule has 0 saturated carbocycles. The van der Waals surface area contributed by atoms with E-state index < -0.39 is 0 Å². The number of hydrogen-bond donors (Lipinski definition) is 0. The van der Waals surface area contributed by atoms with Crippen molar-refractivity contribution in [2.24, 2.45) is 0 Å². The summed E-state index contributed by atoms with van der Waals surface area (Å²) in [5.74, 6) is 0. The van der Waals surface area contributed by atoms with Gasteiger partial charge in [-0.2, -0.15) is 0 Å². The van der Waals surface area contributed by atoms with Gasteiger partial charge in [-0.25, -0.2) is 0 Å². The van der Waals surface area contributed by atoms with Gasteiger partial charge in [-0.15, -0.1) is 0 Å². The molecule has 4 rings (SSSR count). The molecule has 0 fully saturated rings. The zero-order chi connectivity index (χ0) is 19.0. The molecule has 136 valence electrons. The Morgan fingerprint density at radius 1 is 1.00 bits per heavy atom. The lowest BCUT2D eigenvalue weighted by Crippen LogP contribution is -2.15. The predicted molar refractivity (Wildman–Crippen MR) is 126 cm³/mol. The average molecular weight is 464 g/mol. The van der Waals surface area contributed by atoms with Gasteiger partial charge >= 0.3 is 0 Å². The molecule has 0 atom stereocenters. The van der Waals surface area contributed by atoms with Gasteiger partial charge in [0, 0.05) is 8.99 Å². The molecular weight excluding hydrogens is 439 g/mol. The molecule has 1 aliphatic rings. The first kappa shape index (κ1) is 18.5. The molecule has 3 aromatic rings. The normalized spacial score (nSPS) is 17.5. The van der Waals surface area contributed by atoms with Gasteiger partial charge in [0.2, 0.25) is 0 Å². The molecule has 3 aromatic carbocycles. The minimum Gasteiger partial charge on any atom is -0.0769 e. The number of halogens is 1. The highest BCUT2D eigenvalue weighted by Crippen LogP contribution is 2.43. The van der Waals surface area contributed by atoms with Crippen molar-refractivity contribution >= 4 is 38.9 Å². The Morgan fingerprint density at radius 2 is 1.74 bits per heavy atom. The van der Waals surface area contributed by atoms with Crippen LogP contribution < -0.4 is 0 Å². The van der Waals surface area contributed by atoms with Gasteiger partial charge in [-0.3, -0.25) is 0 Å². The molecule has 0 aliphatic heterocycles. The lowest BCUT2D eigenvalue weighted by atomic mass is 9.81. The summed E-state index contributed by atoms with van der Waals surface area (Å²) >= 11 is 2.38. The SMILES string of the molecule is CC/C=C(\C=C1/Cc2ccccc2C1(C)C)c1ccc2cc(I)ccc2c1. The van der Waals surface area contributed by atoms with Crippen molar-refractivity contribution < 1.29 is 0 Å². The van der Waals surface area contributed by atoms with E-state index in [0.717, 1.165) is 12.8 Å². The zero-order valence-electron chi connectivity index (χ0n) is 16.2. The second-order valence-electron chi connectivity index (χ2n) is 7.90. The van der Waals surface area contributed by atoms with E-state index in [0.29, 0.717) is 0 Å². The topological polar surface area (TPSA) is 0 Å². The summed E-state index contributed by atoms with van der Waals surface area (Å²) in [6.07, 6.45) is 6.89. The van der Waals surface area contributed by atoms with E-state index in [2.05, 4.69) is 116 Å². The zero-order valence-corrected chi connectivity index (χ0v) is 18.4. The highest BCUT2D eigenvalue weighted by Gasteiger charge is 2.34. The van der Waals surface area contributed by atoms with E-state index in [1.165, 1.54) is 42.2 Å². The first-order chi connectivity index (χ1) is 13.0. The van der Waals surface area contributed by atoms with Gasteiger partial charge in [0.25, 0.3) is 0 Å². The summed E-state index contributed by atoms with van der Waals surface area (Å²) in [5, 5.41) is 2.62. The van der Waals surface area contributed by atoms with Crippen LogP contribution in [0.1, 0.15) is 43.9 Å². The first-order valence-electron chi connectivity index (χ1n) is 9.68. The second kappa shape index (κ2) is 7.27. The lowest BCUT2D eigenvalue weighted by Gasteiger charge is -2.22. The quantitative estimate of drug-likeness (QED) is 0.349. The summed E-state index contributed by atoms with van der Waals surface area (Å²) in [5.41, 5.74) is 7.19. The van der Waals surface area contributed by atoms with E-state index >= 15 is 0 Å². The molecule has 1 aliphatic carbocycles. The van der Waals surface area contributed by atoms with E-state index in [1.807, 2.05) is 0 Å². The molecule has 0 spiro atoms. The summed E-state index contributed by atoms with van der Waals surface area (Å²) in [6.45, 7) is 6.93. The smallest absolute Gasteiger partial charge is 0.0136 e. The molecule has 0 radical (unpaired) electrons. The highest BCUT2D eigenvalue weighted by molar-refractivity contribution is 14.1. The Kier molecular flexibility index (Phi) is 4.98. The van der Waals surface area contributed by atoms with Crippen LogP contribution in [0.2, 0.25) is 0 Å². The van der Waals surface area contributed by atoms with Gasteiger partial charge < -0.3 is 0 Å². The maximum Gasteiger partial charge on any atom is 0.0136 e. The summed E-state index contributed by atoms with van der Waals surface area (Å²) < 4.78 is 1.28. The largest absolute Gasteiger partial charge is 0.0769 e. The van der Waals surface area contributed by atoms with Crippen molar-refractivity contribution in [3.8, 4) is 0 Å². The molecule has 0 aromatic heterocycles. The third-order valence-electron chi connectivity index (χ3n) is 5.76. The Bertz CT molecular complexity index is 1070. The third-order valence-corrected chi connectivity index (χ3v) is 6.43. The predicted octanol–water partition coefficient (Wildman–Crippen LogP) is 7.70. The number of fused-ring (bicyclic) bond motifs is 2. The van der Waals surface area contributed by atoms with Crippen molar-refractivity contribution in [1.82, 2.24) is 0 Å². The Hall–Kier alpha value is -1.87. The molecule has 0 N–H and O–H groups in total. The van der Waals surface area contributed by atoms with Crippen molar-refractivity contribution in [1.29, 1.82) is 0 Å². The van der Waals surface area contributed by atoms with E-state index in [1.54, 1.807) is 0 Å². The van der Waals surface area contributed by atoms with Crippen LogP contribution in [0, 0.1) is 3.57 Å². The summed E-state index contributed by atoms with van der Waals surface area (Å²) in [4.78, 5) is 0. The number of rotatable bonds is 3.